The zero-order chi connectivity index (χ0) is 13.1. The molecule has 3 heteroatoms. The van der Waals surface area contributed by atoms with E-state index in [1.807, 2.05) is 18.2 Å². The lowest BCUT2D eigenvalue weighted by Gasteiger charge is -2.09. The van der Waals surface area contributed by atoms with Gasteiger partial charge in [-0.2, -0.15) is 0 Å². The number of halogens is 2. The van der Waals surface area contributed by atoms with Gasteiger partial charge in [0.25, 0.3) is 0 Å². The quantitative estimate of drug-likeness (QED) is 0.880. The Kier molecular flexibility index (Phi) is 5.52. The number of rotatable bonds is 3. The van der Waals surface area contributed by atoms with Gasteiger partial charge in [0.05, 0.1) is 0 Å². The standard InChI is InChI=1S/C16H18FN.ClH/c1-11(2)12-4-3-5-13(8-12)14-6-7-16(17)15(9-14)10-18;/h3-9,11H,10,18H2,1-2H3;1H. The van der Waals surface area contributed by atoms with E-state index >= 15 is 0 Å². The van der Waals surface area contributed by atoms with E-state index in [2.05, 4.69) is 26.0 Å². The van der Waals surface area contributed by atoms with Crippen LogP contribution >= 0.6 is 12.4 Å². The number of nitrogens with two attached hydrogens (primary N) is 1. The van der Waals surface area contributed by atoms with Crippen molar-refractivity contribution in [2.75, 3.05) is 0 Å². The largest absolute Gasteiger partial charge is 0.326 e. The van der Waals surface area contributed by atoms with E-state index in [9.17, 15) is 4.39 Å². The molecular formula is C16H19ClFN. The summed E-state index contributed by atoms with van der Waals surface area (Å²) in [4.78, 5) is 0. The molecule has 0 spiro atoms. The van der Waals surface area contributed by atoms with E-state index in [4.69, 9.17) is 5.73 Å². The van der Waals surface area contributed by atoms with E-state index in [1.165, 1.54) is 11.6 Å². The van der Waals surface area contributed by atoms with Gasteiger partial charge >= 0.3 is 0 Å². The second kappa shape index (κ2) is 6.69. The summed E-state index contributed by atoms with van der Waals surface area (Å²) in [6.45, 7) is 4.55. The molecule has 0 radical (unpaired) electrons. The molecule has 0 heterocycles. The molecule has 0 saturated heterocycles. The molecule has 102 valence electrons. The Morgan fingerprint density at radius 1 is 1.05 bits per heavy atom. The highest BCUT2D eigenvalue weighted by Crippen LogP contribution is 2.25. The molecule has 0 amide bonds. The Morgan fingerprint density at radius 2 is 1.74 bits per heavy atom. The van der Waals surface area contributed by atoms with E-state index < -0.39 is 0 Å². The van der Waals surface area contributed by atoms with Crippen LogP contribution in [0.15, 0.2) is 42.5 Å². The van der Waals surface area contributed by atoms with Crippen molar-refractivity contribution in [1.29, 1.82) is 0 Å². The summed E-state index contributed by atoms with van der Waals surface area (Å²) < 4.78 is 13.4. The minimum absolute atomic E-state index is 0. The highest BCUT2D eigenvalue weighted by molar-refractivity contribution is 5.85. The molecule has 0 unspecified atom stereocenters. The molecule has 0 atom stereocenters. The summed E-state index contributed by atoms with van der Waals surface area (Å²) in [5.74, 6) is 0.251. The maximum atomic E-state index is 13.4. The van der Waals surface area contributed by atoms with Gasteiger partial charge in [-0.25, -0.2) is 4.39 Å². The van der Waals surface area contributed by atoms with Crippen LogP contribution in [-0.4, -0.2) is 0 Å². The van der Waals surface area contributed by atoms with Crippen LogP contribution in [0.25, 0.3) is 11.1 Å². The van der Waals surface area contributed by atoms with E-state index in [1.54, 1.807) is 6.07 Å². The van der Waals surface area contributed by atoms with Crippen molar-refractivity contribution in [2.45, 2.75) is 26.3 Å². The molecule has 0 aliphatic rings. The normalized spacial score (nSPS) is 10.4. The molecule has 0 aromatic heterocycles. The maximum absolute atomic E-state index is 13.4. The predicted octanol–water partition coefficient (Wildman–Crippen LogP) is 4.50. The van der Waals surface area contributed by atoms with Crippen LogP contribution < -0.4 is 5.73 Å². The summed E-state index contributed by atoms with van der Waals surface area (Å²) in [6.07, 6.45) is 0. The molecule has 2 aromatic carbocycles. The lowest BCUT2D eigenvalue weighted by Crippen LogP contribution is -2.00. The van der Waals surface area contributed by atoms with Gasteiger partial charge in [0.15, 0.2) is 0 Å². The van der Waals surface area contributed by atoms with Gasteiger partial charge in [0.1, 0.15) is 5.82 Å². The molecule has 2 aromatic rings. The fraction of sp³-hybridized carbons (Fsp3) is 0.250. The van der Waals surface area contributed by atoms with Gasteiger partial charge in [0, 0.05) is 12.1 Å². The third-order valence-electron chi connectivity index (χ3n) is 3.15. The van der Waals surface area contributed by atoms with E-state index in [-0.39, 0.29) is 24.8 Å². The topological polar surface area (TPSA) is 26.0 Å². The molecule has 0 aliphatic heterocycles. The molecule has 0 fully saturated rings. The van der Waals surface area contributed by atoms with Gasteiger partial charge in [-0.1, -0.05) is 44.2 Å². The summed E-state index contributed by atoms with van der Waals surface area (Å²) in [5, 5.41) is 0. The molecule has 0 aliphatic carbocycles. The maximum Gasteiger partial charge on any atom is 0.127 e. The molecule has 2 rings (SSSR count). The first-order chi connectivity index (χ1) is 8.61. The van der Waals surface area contributed by atoms with Gasteiger partial charge in [-0.3, -0.25) is 0 Å². The fourth-order valence-electron chi connectivity index (χ4n) is 1.99. The van der Waals surface area contributed by atoms with Crippen LogP contribution in [0.3, 0.4) is 0 Å². The minimum atomic E-state index is -0.235. The third kappa shape index (κ3) is 3.55. The van der Waals surface area contributed by atoms with Gasteiger partial charge < -0.3 is 5.73 Å². The molecular weight excluding hydrogens is 261 g/mol. The molecule has 0 bridgehead atoms. The predicted molar refractivity (Wildman–Crippen MR) is 81.1 cm³/mol. The first-order valence-corrected chi connectivity index (χ1v) is 6.20. The van der Waals surface area contributed by atoms with Gasteiger partial charge in [0.2, 0.25) is 0 Å². The van der Waals surface area contributed by atoms with Crippen molar-refractivity contribution in [1.82, 2.24) is 0 Å². The van der Waals surface area contributed by atoms with Crippen LogP contribution in [0, 0.1) is 5.82 Å². The third-order valence-corrected chi connectivity index (χ3v) is 3.15. The Morgan fingerprint density at radius 3 is 2.37 bits per heavy atom. The second-order valence-corrected chi connectivity index (χ2v) is 4.79. The van der Waals surface area contributed by atoms with Crippen molar-refractivity contribution >= 4 is 12.4 Å². The summed E-state index contributed by atoms with van der Waals surface area (Å²) in [5.41, 5.74) is 9.50. The fourth-order valence-corrected chi connectivity index (χ4v) is 1.99. The average Bonchev–Trinajstić information content (AvgIpc) is 2.39. The first kappa shape index (κ1) is 15.7. The minimum Gasteiger partial charge on any atom is -0.326 e. The van der Waals surface area contributed by atoms with Crippen LogP contribution in [0.4, 0.5) is 4.39 Å². The van der Waals surface area contributed by atoms with E-state index in [0.29, 0.717) is 11.5 Å². The lowest BCUT2D eigenvalue weighted by molar-refractivity contribution is 0.611. The molecule has 2 N–H and O–H groups in total. The number of hydrogen-bond acceptors (Lipinski definition) is 1. The zero-order valence-corrected chi connectivity index (χ0v) is 12.0. The highest BCUT2D eigenvalue weighted by Gasteiger charge is 2.05. The van der Waals surface area contributed by atoms with Crippen LogP contribution in [-0.2, 0) is 6.54 Å². The van der Waals surface area contributed by atoms with Gasteiger partial charge in [-0.05, 0) is 34.7 Å². The van der Waals surface area contributed by atoms with Crippen molar-refractivity contribution in [3.63, 3.8) is 0 Å². The second-order valence-electron chi connectivity index (χ2n) is 4.79. The van der Waals surface area contributed by atoms with Crippen LogP contribution in [0.5, 0.6) is 0 Å². The molecule has 1 nitrogen and oxygen atoms in total. The van der Waals surface area contributed by atoms with Crippen molar-refractivity contribution in [3.8, 4) is 11.1 Å². The number of benzene rings is 2. The summed E-state index contributed by atoms with van der Waals surface area (Å²) >= 11 is 0. The number of hydrogen-bond donors (Lipinski definition) is 1. The molecule has 19 heavy (non-hydrogen) atoms. The van der Waals surface area contributed by atoms with E-state index in [0.717, 1.165) is 11.1 Å². The summed E-state index contributed by atoms with van der Waals surface area (Å²) in [6, 6.07) is 13.5. The van der Waals surface area contributed by atoms with Crippen LogP contribution in [0.1, 0.15) is 30.9 Å². The Balaban J connectivity index is 0.00000180. The first-order valence-electron chi connectivity index (χ1n) is 6.20. The smallest absolute Gasteiger partial charge is 0.127 e. The monoisotopic (exact) mass is 279 g/mol. The Labute approximate surface area is 120 Å². The average molecular weight is 280 g/mol. The highest BCUT2D eigenvalue weighted by atomic mass is 35.5. The Hall–Kier alpha value is -1.38. The van der Waals surface area contributed by atoms with Crippen molar-refractivity contribution in [2.24, 2.45) is 5.73 Å². The van der Waals surface area contributed by atoms with Crippen molar-refractivity contribution in [3.05, 3.63) is 59.4 Å². The lowest BCUT2D eigenvalue weighted by atomic mass is 9.96. The Bertz CT molecular complexity index is 552. The molecule has 0 saturated carbocycles. The van der Waals surface area contributed by atoms with Crippen molar-refractivity contribution < 1.29 is 4.39 Å². The zero-order valence-electron chi connectivity index (χ0n) is 11.2. The SMILES string of the molecule is CC(C)c1cccc(-c2ccc(F)c(CN)c2)c1.Cl. The van der Waals surface area contributed by atoms with Crippen LogP contribution in [0.2, 0.25) is 0 Å². The van der Waals surface area contributed by atoms with Gasteiger partial charge in [-0.15, -0.1) is 12.4 Å². The summed E-state index contributed by atoms with van der Waals surface area (Å²) in [7, 11) is 0.